The minimum Gasteiger partial charge on any atom is -0.490 e. The van der Waals surface area contributed by atoms with Gasteiger partial charge in [-0.3, -0.25) is 14.9 Å². The molecule has 1 heterocycles. The van der Waals surface area contributed by atoms with E-state index < -0.39 is 0 Å². The molecule has 2 amide bonds. The van der Waals surface area contributed by atoms with Gasteiger partial charge in [-0.2, -0.15) is 5.10 Å². The van der Waals surface area contributed by atoms with E-state index in [1.165, 1.54) is 11.8 Å². The maximum atomic E-state index is 12.4. The average Bonchev–Trinajstić information content (AvgIpc) is 3.46. The smallest absolute Gasteiger partial charge is 0.257 e. The summed E-state index contributed by atoms with van der Waals surface area (Å²) in [7, 11) is 0. The van der Waals surface area contributed by atoms with Gasteiger partial charge in [0.2, 0.25) is 11.0 Å². The monoisotopic (exact) mass is 679 g/mol. The topological polar surface area (TPSA) is 124 Å². The summed E-state index contributed by atoms with van der Waals surface area (Å²) in [5.41, 5.74) is 4.97. The summed E-state index contributed by atoms with van der Waals surface area (Å²) in [4.78, 5) is 24.7. The molecule has 44 heavy (non-hydrogen) atoms. The van der Waals surface area contributed by atoms with Crippen LogP contribution in [0.1, 0.15) is 59.6 Å². The molecular formula is C32H34BrN5O5S. The van der Waals surface area contributed by atoms with E-state index in [1.807, 2.05) is 31.2 Å². The summed E-state index contributed by atoms with van der Waals surface area (Å²) >= 11 is 4.68. The van der Waals surface area contributed by atoms with E-state index >= 15 is 0 Å². The third-order valence-corrected chi connectivity index (χ3v) is 7.86. The highest BCUT2D eigenvalue weighted by Gasteiger charge is 2.14. The van der Waals surface area contributed by atoms with Gasteiger partial charge in [-0.25, -0.2) is 5.43 Å². The Balaban J connectivity index is 1.27. The normalized spacial score (nSPS) is 11.6. The number of carbonyl (C=O) groups is 2. The van der Waals surface area contributed by atoms with Crippen molar-refractivity contribution in [3.63, 3.8) is 0 Å². The summed E-state index contributed by atoms with van der Waals surface area (Å²) in [6.45, 7) is 7.39. The molecule has 2 N–H and O–H groups in total. The molecule has 1 aromatic heterocycles. The molecule has 10 nitrogen and oxygen atoms in total. The number of hydrogen-bond acceptors (Lipinski definition) is 9. The number of benzene rings is 3. The van der Waals surface area contributed by atoms with Crippen LogP contribution in [0.4, 0.5) is 5.13 Å². The van der Waals surface area contributed by atoms with Crippen LogP contribution in [0.25, 0.3) is 0 Å². The van der Waals surface area contributed by atoms with Gasteiger partial charge >= 0.3 is 0 Å². The van der Waals surface area contributed by atoms with Crippen molar-refractivity contribution < 1.29 is 23.8 Å². The highest BCUT2D eigenvalue weighted by Crippen LogP contribution is 2.36. The van der Waals surface area contributed by atoms with Crippen molar-refractivity contribution in [2.24, 2.45) is 5.10 Å². The fourth-order valence-corrected chi connectivity index (χ4v) is 5.29. The molecule has 3 aromatic carbocycles. The van der Waals surface area contributed by atoms with Gasteiger partial charge in [0, 0.05) is 5.56 Å². The number of nitrogens with zero attached hydrogens (tertiary/aromatic N) is 3. The van der Waals surface area contributed by atoms with E-state index in [0.29, 0.717) is 63.0 Å². The van der Waals surface area contributed by atoms with E-state index in [2.05, 4.69) is 68.0 Å². The fourth-order valence-electron chi connectivity index (χ4n) is 3.99. The van der Waals surface area contributed by atoms with E-state index in [0.717, 1.165) is 23.5 Å². The molecule has 0 bridgehead atoms. The molecule has 0 fully saturated rings. The van der Waals surface area contributed by atoms with Crippen LogP contribution in [0.5, 0.6) is 17.2 Å². The quantitative estimate of drug-likeness (QED) is 0.0823. The molecule has 1 atom stereocenters. The summed E-state index contributed by atoms with van der Waals surface area (Å²) in [5.74, 6) is 1.72. The van der Waals surface area contributed by atoms with Crippen molar-refractivity contribution in [3.05, 3.63) is 92.9 Å². The molecule has 1 unspecified atom stereocenters. The molecule has 4 rings (SSSR count). The zero-order valence-electron chi connectivity index (χ0n) is 24.7. The Morgan fingerprint density at radius 2 is 1.75 bits per heavy atom. The summed E-state index contributed by atoms with van der Waals surface area (Å²) in [5, 5.41) is 15.4. The Bertz CT molecular complexity index is 1560. The first-order chi connectivity index (χ1) is 21.4. The van der Waals surface area contributed by atoms with Crippen molar-refractivity contribution in [3.8, 4) is 17.2 Å². The molecule has 4 aromatic rings. The van der Waals surface area contributed by atoms with Gasteiger partial charge in [-0.15, -0.1) is 10.2 Å². The molecular weight excluding hydrogens is 646 g/mol. The molecule has 230 valence electrons. The van der Waals surface area contributed by atoms with Crippen LogP contribution in [0, 0.1) is 0 Å². The van der Waals surface area contributed by atoms with Gasteiger partial charge in [0.15, 0.2) is 11.5 Å². The van der Waals surface area contributed by atoms with Crippen molar-refractivity contribution in [1.29, 1.82) is 0 Å². The number of rotatable bonds is 15. The molecule has 0 aliphatic carbocycles. The molecule has 0 spiro atoms. The van der Waals surface area contributed by atoms with Crippen molar-refractivity contribution in [2.45, 2.75) is 39.5 Å². The van der Waals surface area contributed by atoms with Gasteiger partial charge in [0.05, 0.1) is 23.7 Å². The van der Waals surface area contributed by atoms with E-state index in [4.69, 9.17) is 14.2 Å². The standard InChI is InChI=1S/C32H34BrN5O5S/c1-4-21(3)23-11-13-25(14-12-23)42-15-16-43-30-26(33)17-22(18-27(30)41-5-2)20-34-36-28(39)19-29-37-38-32(44-29)35-31(40)24-9-7-6-8-10-24/h6-14,17-18,20-21H,4-5,15-16,19H2,1-3H3,(H,36,39)(H,35,38,40). The van der Waals surface area contributed by atoms with Crippen LogP contribution in [0.3, 0.4) is 0 Å². The van der Waals surface area contributed by atoms with Crippen LogP contribution in [-0.4, -0.2) is 48.0 Å². The number of anilines is 1. The molecule has 0 aliphatic heterocycles. The molecule has 0 radical (unpaired) electrons. The third-order valence-electron chi connectivity index (χ3n) is 6.43. The SMILES string of the molecule is CCOc1cc(C=NNC(=O)Cc2nnc(NC(=O)c3ccccc3)s2)cc(Br)c1OCCOc1ccc(C(C)CC)cc1. The van der Waals surface area contributed by atoms with Gasteiger partial charge in [-0.1, -0.05) is 55.5 Å². The van der Waals surface area contributed by atoms with E-state index in [9.17, 15) is 9.59 Å². The third kappa shape index (κ3) is 9.61. The Morgan fingerprint density at radius 3 is 2.48 bits per heavy atom. The van der Waals surface area contributed by atoms with Gasteiger partial charge in [0.1, 0.15) is 24.0 Å². The predicted octanol–water partition coefficient (Wildman–Crippen LogP) is 6.62. The maximum Gasteiger partial charge on any atom is 0.257 e. The highest BCUT2D eigenvalue weighted by atomic mass is 79.9. The van der Waals surface area contributed by atoms with E-state index in [1.54, 1.807) is 30.3 Å². The Hall–Kier alpha value is -4.29. The predicted molar refractivity (Wildman–Crippen MR) is 175 cm³/mol. The first-order valence-electron chi connectivity index (χ1n) is 14.2. The lowest BCUT2D eigenvalue weighted by molar-refractivity contribution is -0.120. The number of amides is 2. The number of carbonyl (C=O) groups excluding carboxylic acids is 2. The van der Waals surface area contributed by atoms with Crippen LogP contribution < -0.4 is 25.0 Å². The average molecular weight is 681 g/mol. The van der Waals surface area contributed by atoms with Gasteiger partial charge in [-0.05, 0) is 82.7 Å². The lowest BCUT2D eigenvalue weighted by Gasteiger charge is -2.15. The van der Waals surface area contributed by atoms with Gasteiger partial charge in [0.25, 0.3) is 5.91 Å². The minimum absolute atomic E-state index is 0.0407. The Kier molecular flexibility index (Phi) is 12.3. The molecule has 0 saturated heterocycles. The van der Waals surface area contributed by atoms with Crippen LogP contribution in [0.15, 0.2) is 76.3 Å². The number of nitrogens with one attached hydrogen (secondary N) is 2. The van der Waals surface area contributed by atoms with Gasteiger partial charge < -0.3 is 14.2 Å². The second kappa shape index (κ2) is 16.5. The Morgan fingerprint density at radius 1 is 1.00 bits per heavy atom. The zero-order valence-corrected chi connectivity index (χ0v) is 27.1. The second-order valence-electron chi connectivity index (χ2n) is 9.63. The van der Waals surface area contributed by atoms with E-state index in [-0.39, 0.29) is 18.2 Å². The number of ether oxygens (including phenoxy) is 3. The Labute approximate surface area is 269 Å². The zero-order chi connectivity index (χ0) is 31.3. The van der Waals surface area contributed by atoms with Crippen LogP contribution in [-0.2, 0) is 11.2 Å². The van der Waals surface area contributed by atoms with Crippen molar-refractivity contribution >= 4 is 50.4 Å². The number of hydrogen-bond donors (Lipinski definition) is 2. The molecule has 0 saturated carbocycles. The number of hydrazone groups is 1. The summed E-state index contributed by atoms with van der Waals surface area (Å²) in [6, 6.07) is 20.5. The molecule has 0 aliphatic rings. The largest absolute Gasteiger partial charge is 0.490 e. The lowest BCUT2D eigenvalue weighted by atomic mass is 9.99. The summed E-state index contributed by atoms with van der Waals surface area (Å²) in [6.07, 6.45) is 2.56. The second-order valence-corrected chi connectivity index (χ2v) is 11.5. The van der Waals surface area contributed by atoms with Crippen LogP contribution >= 0.6 is 27.3 Å². The first kappa shape index (κ1) is 32.6. The number of aromatic nitrogens is 2. The maximum absolute atomic E-state index is 12.4. The van der Waals surface area contributed by atoms with Crippen LogP contribution in [0.2, 0.25) is 0 Å². The van der Waals surface area contributed by atoms with Crippen molar-refractivity contribution in [2.75, 3.05) is 25.1 Å². The number of halogens is 1. The fraction of sp³-hybridized carbons (Fsp3) is 0.281. The van der Waals surface area contributed by atoms with Crippen molar-refractivity contribution in [1.82, 2.24) is 15.6 Å². The lowest BCUT2D eigenvalue weighted by Crippen LogP contribution is -2.19. The highest BCUT2D eigenvalue weighted by molar-refractivity contribution is 9.10. The minimum atomic E-state index is -0.378. The molecule has 12 heteroatoms. The first-order valence-corrected chi connectivity index (χ1v) is 15.8. The summed E-state index contributed by atoms with van der Waals surface area (Å²) < 4.78 is 18.3.